The maximum Gasteiger partial charge on any atom is 0.0694 e. The van der Waals surface area contributed by atoms with Gasteiger partial charge in [-0.3, -0.25) is 4.90 Å². The Morgan fingerprint density at radius 2 is 1.68 bits per heavy atom. The first-order valence-corrected chi connectivity index (χ1v) is 8.39. The van der Waals surface area contributed by atoms with Crippen LogP contribution < -0.4 is 0 Å². The van der Waals surface area contributed by atoms with Crippen molar-refractivity contribution in [2.45, 2.75) is 43.1 Å². The van der Waals surface area contributed by atoms with Crippen LogP contribution >= 0.6 is 0 Å². The number of benzene rings is 1. The third-order valence-corrected chi connectivity index (χ3v) is 6.21. The van der Waals surface area contributed by atoms with Gasteiger partial charge in [0.05, 0.1) is 18.9 Å². The highest BCUT2D eigenvalue weighted by Crippen LogP contribution is 2.54. The quantitative estimate of drug-likeness (QED) is 0.675. The Bertz CT molecular complexity index is 556. The van der Waals surface area contributed by atoms with E-state index in [1.54, 1.807) is 0 Å². The van der Waals surface area contributed by atoms with Crippen LogP contribution in [0.5, 0.6) is 0 Å². The molecule has 3 saturated carbocycles. The van der Waals surface area contributed by atoms with Gasteiger partial charge in [-0.1, -0.05) is 35.5 Å². The van der Waals surface area contributed by atoms with Gasteiger partial charge in [0, 0.05) is 30.5 Å². The second kappa shape index (κ2) is 5.36. The minimum Gasteiger partial charge on any atom is -0.411 e. The largest absolute Gasteiger partial charge is 0.411 e. The van der Waals surface area contributed by atoms with Gasteiger partial charge >= 0.3 is 0 Å². The van der Waals surface area contributed by atoms with E-state index >= 15 is 0 Å². The van der Waals surface area contributed by atoms with Gasteiger partial charge in [-0.2, -0.15) is 0 Å². The fourth-order valence-corrected chi connectivity index (χ4v) is 4.90. The first-order chi connectivity index (χ1) is 10.8. The number of ether oxygens (including phenoxy) is 1. The average molecular weight is 300 g/mol. The SMILES string of the molecule is ON=C1CC2(N3CCOCC3)CCC1(c1ccccc1)CC2. The van der Waals surface area contributed by atoms with Crippen molar-refractivity contribution in [3.63, 3.8) is 0 Å². The molecule has 5 rings (SSSR count). The first-order valence-electron chi connectivity index (χ1n) is 8.39. The summed E-state index contributed by atoms with van der Waals surface area (Å²) in [5, 5.41) is 13.5. The Balaban J connectivity index is 1.66. The van der Waals surface area contributed by atoms with Crippen LogP contribution in [0.15, 0.2) is 35.5 Å². The Morgan fingerprint density at radius 3 is 2.32 bits per heavy atom. The number of nitrogens with zero attached hydrogens (tertiary/aromatic N) is 2. The average Bonchev–Trinajstić information content (AvgIpc) is 2.64. The highest BCUT2D eigenvalue weighted by Gasteiger charge is 2.55. The van der Waals surface area contributed by atoms with E-state index in [1.807, 2.05) is 0 Å². The van der Waals surface area contributed by atoms with Crippen molar-refractivity contribution in [2.75, 3.05) is 26.3 Å². The summed E-state index contributed by atoms with van der Waals surface area (Å²) in [7, 11) is 0. The summed E-state index contributed by atoms with van der Waals surface area (Å²) in [4.78, 5) is 2.59. The molecule has 22 heavy (non-hydrogen) atoms. The Morgan fingerprint density at radius 1 is 1.00 bits per heavy atom. The molecule has 1 aromatic carbocycles. The molecular formula is C18H24N2O2. The molecule has 4 nitrogen and oxygen atoms in total. The van der Waals surface area contributed by atoms with Crippen molar-refractivity contribution < 1.29 is 9.94 Å². The predicted molar refractivity (Wildman–Crippen MR) is 85.5 cm³/mol. The van der Waals surface area contributed by atoms with Gasteiger partial charge in [-0.25, -0.2) is 0 Å². The van der Waals surface area contributed by atoms with Crippen LogP contribution in [0.3, 0.4) is 0 Å². The second-order valence-corrected chi connectivity index (χ2v) is 7.00. The van der Waals surface area contributed by atoms with Gasteiger partial charge < -0.3 is 9.94 Å². The van der Waals surface area contributed by atoms with Gasteiger partial charge in [0.2, 0.25) is 0 Å². The summed E-state index contributed by atoms with van der Waals surface area (Å²) in [6, 6.07) is 10.6. The number of rotatable bonds is 2. The summed E-state index contributed by atoms with van der Waals surface area (Å²) < 4.78 is 5.51. The summed E-state index contributed by atoms with van der Waals surface area (Å²) >= 11 is 0. The van der Waals surface area contributed by atoms with Crippen LogP contribution in [0.2, 0.25) is 0 Å². The molecule has 0 aromatic heterocycles. The minimum absolute atomic E-state index is 0.0377. The predicted octanol–water partition coefficient (Wildman–Crippen LogP) is 2.80. The molecule has 4 aliphatic rings. The molecule has 1 aliphatic heterocycles. The van der Waals surface area contributed by atoms with Crippen LogP contribution in [0.4, 0.5) is 0 Å². The van der Waals surface area contributed by atoms with Crippen LogP contribution in [-0.4, -0.2) is 47.7 Å². The van der Waals surface area contributed by atoms with E-state index < -0.39 is 0 Å². The van der Waals surface area contributed by atoms with Crippen LogP contribution in [0, 0.1) is 0 Å². The number of hydrogen-bond donors (Lipinski definition) is 1. The van der Waals surface area contributed by atoms with E-state index in [0.29, 0.717) is 0 Å². The number of morpholine rings is 1. The lowest BCUT2D eigenvalue weighted by molar-refractivity contribution is -0.0481. The van der Waals surface area contributed by atoms with E-state index in [2.05, 4.69) is 40.4 Å². The molecular weight excluding hydrogens is 276 g/mol. The minimum atomic E-state index is -0.0377. The van der Waals surface area contributed by atoms with Crippen LogP contribution in [-0.2, 0) is 10.2 Å². The summed E-state index contributed by atoms with van der Waals surface area (Å²) in [6.07, 6.45) is 5.47. The third-order valence-electron chi connectivity index (χ3n) is 6.21. The molecule has 0 amide bonds. The molecule has 0 radical (unpaired) electrons. The highest BCUT2D eigenvalue weighted by molar-refractivity contribution is 5.97. The summed E-state index contributed by atoms with van der Waals surface area (Å²) in [5.41, 5.74) is 2.46. The van der Waals surface area contributed by atoms with Crippen LogP contribution in [0.25, 0.3) is 0 Å². The van der Waals surface area contributed by atoms with Crippen molar-refractivity contribution in [3.8, 4) is 0 Å². The Kier molecular flexibility index (Phi) is 3.46. The molecule has 1 heterocycles. The summed E-state index contributed by atoms with van der Waals surface area (Å²) in [5.74, 6) is 0. The molecule has 4 fully saturated rings. The van der Waals surface area contributed by atoms with Crippen LogP contribution in [0.1, 0.15) is 37.7 Å². The summed E-state index contributed by atoms with van der Waals surface area (Å²) in [6.45, 7) is 3.68. The monoisotopic (exact) mass is 300 g/mol. The Labute approximate surface area is 131 Å². The molecule has 1 aromatic rings. The number of oxime groups is 1. The highest BCUT2D eigenvalue weighted by atomic mass is 16.5. The zero-order valence-corrected chi connectivity index (χ0v) is 13.0. The van der Waals surface area contributed by atoms with Gasteiger partial charge in [0.15, 0.2) is 0 Å². The van der Waals surface area contributed by atoms with Crippen molar-refractivity contribution in [1.29, 1.82) is 0 Å². The molecule has 0 spiro atoms. The van der Waals surface area contributed by atoms with E-state index in [4.69, 9.17) is 4.74 Å². The van der Waals surface area contributed by atoms with Gasteiger partial charge in [0.1, 0.15) is 0 Å². The molecule has 0 unspecified atom stereocenters. The standard InChI is InChI=1S/C18H24N2O2/c21-19-16-14-17(20-10-12-22-13-11-20)6-8-18(16,9-7-17)15-4-2-1-3-5-15/h1-5,21H,6-14H2. The molecule has 3 aliphatic carbocycles. The fourth-order valence-electron chi connectivity index (χ4n) is 4.90. The van der Waals surface area contributed by atoms with Crippen molar-refractivity contribution >= 4 is 5.71 Å². The smallest absolute Gasteiger partial charge is 0.0694 e. The molecule has 2 bridgehead atoms. The third kappa shape index (κ3) is 2.01. The van der Waals surface area contributed by atoms with Crippen molar-refractivity contribution in [2.24, 2.45) is 5.16 Å². The number of hydrogen-bond acceptors (Lipinski definition) is 4. The molecule has 4 heteroatoms. The van der Waals surface area contributed by atoms with Gasteiger partial charge in [0.25, 0.3) is 0 Å². The maximum absolute atomic E-state index is 9.70. The van der Waals surface area contributed by atoms with Crippen molar-refractivity contribution in [1.82, 2.24) is 4.90 Å². The van der Waals surface area contributed by atoms with E-state index in [0.717, 1.165) is 51.3 Å². The molecule has 1 saturated heterocycles. The fraction of sp³-hybridized carbons (Fsp3) is 0.611. The van der Waals surface area contributed by atoms with E-state index in [1.165, 1.54) is 18.4 Å². The second-order valence-electron chi connectivity index (χ2n) is 7.00. The lowest BCUT2D eigenvalue weighted by Crippen LogP contribution is -2.63. The van der Waals surface area contributed by atoms with Gasteiger partial charge in [-0.15, -0.1) is 0 Å². The molecule has 1 N–H and O–H groups in total. The maximum atomic E-state index is 9.70. The zero-order chi connectivity index (χ0) is 15.0. The topological polar surface area (TPSA) is 45.1 Å². The zero-order valence-electron chi connectivity index (χ0n) is 13.0. The number of fused-ring (bicyclic) bond motifs is 3. The lowest BCUT2D eigenvalue weighted by Gasteiger charge is -2.58. The van der Waals surface area contributed by atoms with Gasteiger partial charge in [-0.05, 0) is 31.2 Å². The Hall–Kier alpha value is -1.39. The lowest BCUT2D eigenvalue weighted by atomic mass is 9.53. The van der Waals surface area contributed by atoms with Crippen molar-refractivity contribution in [3.05, 3.63) is 35.9 Å². The van der Waals surface area contributed by atoms with E-state index in [-0.39, 0.29) is 11.0 Å². The first kappa shape index (κ1) is 14.2. The van der Waals surface area contributed by atoms with E-state index in [9.17, 15) is 5.21 Å². The molecule has 118 valence electrons. The molecule has 0 atom stereocenters. The normalized spacial score (nSPS) is 37.5.